The predicted octanol–water partition coefficient (Wildman–Crippen LogP) is 3.31. The van der Waals surface area contributed by atoms with Gasteiger partial charge in [0.25, 0.3) is 0 Å². The third kappa shape index (κ3) is 2.43. The maximum atomic E-state index is 10.3. The molecule has 0 radical (unpaired) electrons. The van der Waals surface area contributed by atoms with Crippen molar-refractivity contribution in [2.24, 2.45) is 0 Å². The van der Waals surface area contributed by atoms with Gasteiger partial charge in [-0.25, -0.2) is 0 Å². The lowest BCUT2D eigenvalue weighted by Gasteiger charge is -2.16. The number of aliphatic hydroxyl groups excluding tert-OH is 1. The highest BCUT2D eigenvalue weighted by molar-refractivity contribution is 6.30. The summed E-state index contributed by atoms with van der Waals surface area (Å²) >= 11 is 5.92. The molecular formula is C14H14ClNO. The average molecular weight is 248 g/mol. The molecule has 0 spiro atoms. The molecule has 0 aliphatic rings. The highest BCUT2D eigenvalue weighted by Crippen LogP contribution is 2.30. The van der Waals surface area contributed by atoms with Gasteiger partial charge in [0.1, 0.15) is 6.10 Å². The highest BCUT2D eigenvalue weighted by atomic mass is 35.5. The first-order valence-corrected chi connectivity index (χ1v) is 5.76. The highest BCUT2D eigenvalue weighted by Gasteiger charge is 2.15. The molecular weight excluding hydrogens is 234 g/mol. The van der Waals surface area contributed by atoms with Gasteiger partial charge in [-0.15, -0.1) is 0 Å². The Morgan fingerprint density at radius 2 is 1.82 bits per heavy atom. The van der Waals surface area contributed by atoms with E-state index in [-0.39, 0.29) is 0 Å². The first-order chi connectivity index (χ1) is 8.09. The van der Waals surface area contributed by atoms with Gasteiger partial charge in [-0.3, -0.25) is 0 Å². The van der Waals surface area contributed by atoms with Crippen molar-refractivity contribution in [3.63, 3.8) is 0 Å². The van der Waals surface area contributed by atoms with Crippen molar-refractivity contribution < 1.29 is 5.11 Å². The molecule has 17 heavy (non-hydrogen) atoms. The molecule has 0 bridgehead atoms. The molecule has 2 aromatic rings. The molecule has 1 atom stereocenters. The fourth-order valence-corrected chi connectivity index (χ4v) is 2.02. The van der Waals surface area contributed by atoms with Crippen molar-refractivity contribution in [3.05, 3.63) is 64.2 Å². The monoisotopic (exact) mass is 247 g/mol. The van der Waals surface area contributed by atoms with E-state index in [1.165, 1.54) is 0 Å². The normalized spacial score (nSPS) is 12.4. The van der Waals surface area contributed by atoms with Crippen LogP contribution in [0.25, 0.3) is 0 Å². The Balaban J connectivity index is 2.47. The zero-order valence-corrected chi connectivity index (χ0v) is 10.3. The van der Waals surface area contributed by atoms with Crippen LogP contribution in [-0.4, -0.2) is 5.11 Å². The number of anilines is 1. The van der Waals surface area contributed by atoms with E-state index in [0.717, 1.165) is 11.1 Å². The second-order valence-electron chi connectivity index (χ2n) is 4.03. The van der Waals surface area contributed by atoms with E-state index in [1.54, 1.807) is 18.2 Å². The first-order valence-electron chi connectivity index (χ1n) is 5.38. The van der Waals surface area contributed by atoms with Crippen LogP contribution in [0.3, 0.4) is 0 Å². The summed E-state index contributed by atoms with van der Waals surface area (Å²) in [5, 5.41) is 10.9. The van der Waals surface area contributed by atoms with Gasteiger partial charge in [0.2, 0.25) is 0 Å². The van der Waals surface area contributed by atoms with Crippen molar-refractivity contribution in [1.82, 2.24) is 0 Å². The van der Waals surface area contributed by atoms with Crippen molar-refractivity contribution in [2.45, 2.75) is 13.0 Å². The second kappa shape index (κ2) is 4.78. The van der Waals surface area contributed by atoms with Crippen LogP contribution >= 0.6 is 11.6 Å². The Labute approximate surface area is 106 Å². The van der Waals surface area contributed by atoms with Crippen molar-refractivity contribution >= 4 is 17.3 Å². The largest absolute Gasteiger partial charge is 0.398 e. The van der Waals surface area contributed by atoms with Crippen LogP contribution in [0.4, 0.5) is 5.69 Å². The van der Waals surface area contributed by atoms with Gasteiger partial charge in [0, 0.05) is 16.3 Å². The summed E-state index contributed by atoms with van der Waals surface area (Å²) in [6.45, 7) is 1.96. The lowest BCUT2D eigenvalue weighted by Crippen LogP contribution is -2.05. The van der Waals surface area contributed by atoms with E-state index >= 15 is 0 Å². The Hall–Kier alpha value is -1.51. The van der Waals surface area contributed by atoms with Gasteiger partial charge in [-0.2, -0.15) is 0 Å². The second-order valence-corrected chi connectivity index (χ2v) is 4.47. The van der Waals surface area contributed by atoms with Gasteiger partial charge < -0.3 is 10.8 Å². The summed E-state index contributed by atoms with van der Waals surface area (Å²) in [7, 11) is 0. The zero-order chi connectivity index (χ0) is 12.4. The molecule has 0 aromatic heterocycles. The summed E-state index contributed by atoms with van der Waals surface area (Å²) in [4.78, 5) is 0. The summed E-state index contributed by atoms with van der Waals surface area (Å²) in [5.41, 5.74) is 8.93. The van der Waals surface area contributed by atoms with Gasteiger partial charge in [-0.05, 0) is 36.2 Å². The molecule has 0 aliphatic carbocycles. The number of hydrogen-bond acceptors (Lipinski definition) is 2. The molecule has 2 rings (SSSR count). The quantitative estimate of drug-likeness (QED) is 0.800. The lowest BCUT2D eigenvalue weighted by atomic mass is 9.96. The van der Waals surface area contributed by atoms with Crippen LogP contribution in [0.1, 0.15) is 22.8 Å². The third-order valence-electron chi connectivity index (χ3n) is 2.83. The minimum Gasteiger partial charge on any atom is -0.398 e. The topological polar surface area (TPSA) is 46.2 Å². The van der Waals surface area contributed by atoms with Crippen LogP contribution in [0, 0.1) is 6.92 Å². The number of aliphatic hydroxyl groups is 1. The fraction of sp³-hybridized carbons (Fsp3) is 0.143. The Bertz CT molecular complexity index is 539. The van der Waals surface area contributed by atoms with Crippen LogP contribution in [0.15, 0.2) is 42.5 Å². The fourth-order valence-electron chi connectivity index (χ4n) is 1.84. The average Bonchev–Trinajstić information content (AvgIpc) is 2.32. The predicted molar refractivity (Wildman–Crippen MR) is 71.1 cm³/mol. The van der Waals surface area contributed by atoms with E-state index in [1.807, 2.05) is 31.2 Å². The molecule has 0 saturated carbocycles. The minimum absolute atomic E-state index is 0.546. The molecule has 2 aromatic carbocycles. The molecule has 88 valence electrons. The molecule has 0 fully saturated rings. The SMILES string of the molecule is Cc1ccccc1C(O)c1cc(Cl)ccc1N. The van der Waals surface area contributed by atoms with E-state index in [9.17, 15) is 5.11 Å². The molecule has 3 N–H and O–H groups in total. The lowest BCUT2D eigenvalue weighted by molar-refractivity contribution is 0.220. The van der Waals surface area contributed by atoms with Crippen LogP contribution in [-0.2, 0) is 0 Å². The molecule has 2 nitrogen and oxygen atoms in total. The van der Waals surface area contributed by atoms with Crippen LogP contribution in [0.5, 0.6) is 0 Å². The minimum atomic E-state index is -0.741. The van der Waals surface area contributed by atoms with Gasteiger partial charge in [0.05, 0.1) is 0 Å². The van der Waals surface area contributed by atoms with Crippen molar-refractivity contribution in [3.8, 4) is 0 Å². The van der Waals surface area contributed by atoms with E-state index < -0.39 is 6.10 Å². The molecule has 0 aliphatic heterocycles. The van der Waals surface area contributed by atoms with Crippen molar-refractivity contribution in [1.29, 1.82) is 0 Å². The van der Waals surface area contributed by atoms with Crippen LogP contribution in [0.2, 0.25) is 5.02 Å². The Morgan fingerprint density at radius 1 is 1.12 bits per heavy atom. The van der Waals surface area contributed by atoms with Gasteiger partial charge >= 0.3 is 0 Å². The number of benzene rings is 2. The Morgan fingerprint density at radius 3 is 2.53 bits per heavy atom. The number of nitrogens with two attached hydrogens (primary N) is 1. The van der Waals surface area contributed by atoms with Gasteiger partial charge in [-0.1, -0.05) is 35.9 Å². The zero-order valence-electron chi connectivity index (χ0n) is 9.52. The molecule has 0 saturated heterocycles. The maximum Gasteiger partial charge on any atom is 0.106 e. The molecule has 1 unspecified atom stereocenters. The van der Waals surface area contributed by atoms with Crippen molar-refractivity contribution in [2.75, 3.05) is 5.73 Å². The van der Waals surface area contributed by atoms with Gasteiger partial charge in [0.15, 0.2) is 0 Å². The number of hydrogen-bond donors (Lipinski definition) is 2. The third-order valence-corrected chi connectivity index (χ3v) is 3.06. The standard InChI is InChI=1S/C14H14ClNO/c1-9-4-2-3-5-11(9)14(17)12-8-10(15)6-7-13(12)16/h2-8,14,17H,16H2,1H3. The summed E-state index contributed by atoms with van der Waals surface area (Å²) < 4.78 is 0. The molecule has 0 heterocycles. The number of nitrogen functional groups attached to an aromatic ring is 1. The number of aryl methyl sites for hydroxylation is 1. The van der Waals surface area contributed by atoms with E-state index in [0.29, 0.717) is 16.3 Å². The summed E-state index contributed by atoms with van der Waals surface area (Å²) in [6, 6.07) is 12.8. The van der Waals surface area contributed by atoms with E-state index in [2.05, 4.69) is 0 Å². The molecule has 3 heteroatoms. The smallest absolute Gasteiger partial charge is 0.106 e. The number of rotatable bonds is 2. The first kappa shape index (κ1) is 12.0. The number of halogens is 1. The Kier molecular flexibility index (Phi) is 3.36. The van der Waals surface area contributed by atoms with Crippen LogP contribution < -0.4 is 5.73 Å². The maximum absolute atomic E-state index is 10.3. The van der Waals surface area contributed by atoms with E-state index in [4.69, 9.17) is 17.3 Å². The summed E-state index contributed by atoms with van der Waals surface area (Å²) in [6.07, 6.45) is -0.741. The molecule has 0 amide bonds. The summed E-state index contributed by atoms with van der Waals surface area (Å²) in [5.74, 6) is 0.